The molecule has 0 bridgehead atoms. The summed E-state index contributed by atoms with van der Waals surface area (Å²) in [4.78, 5) is 11.3. The summed E-state index contributed by atoms with van der Waals surface area (Å²) in [6, 6.07) is 1.82. The van der Waals surface area contributed by atoms with Crippen molar-refractivity contribution in [1.82, 2.24) is 4.57 Å². The van der Waals surface area contributed by atoms with Crippen LogP contribution >= 0.6 is 0 Å². The molecule has 84 valence electrons. The summed E-state index contributed by atoms with van der Waals surface area (Å²) in [5.74, 6) is -0.321. The van der Waals surface area contributed by atoms with Gasteiger partial charge >= 0.3 is 5.97 Å². The minimum Gasteiger partial charge on any atom is -0.464 e. The summed E-state index contributed by atoms with van der Waals surface area (Å²) >= 11 is 0. The quantitative estimate of drug-likeness (QED) is 0.760. The first-order valence-corrected chi connectivity index (χ1v) is 4.86. The van der Waals surface area contributed by atoms with Gasteiger partial charge in [0.05, 0.1) is 7.11 Å². The summed E-state index contributed by atoms with van der Waals surface area (Å²) in [7, 11) is 3.20. The summed E-state index contributed by atoms with van der Waals surface area (Å²) in [6.07, 6.45) is 2.64. The lowest BCUT2D eigenvalue weighted by Crippen LogP contribution is -2.34. The first kappa shape index (κ1) is 11.8. The molecule has 15 heavy (non-hydrogen) atoms. The number of carbonyl (C=O) groups is 1. The molecule has 0 unspecified atom stereocenters. The van der Waals surface area contributed by atoms with Gasteiger partial charge < -0.3 is 15.0 Å². The zero-order valence-corrected chi connectivity index (χ0v) is 9.70. The number of hydrogen-bond donors (Lipinski definition) is 1. The smallest absolute Gasteiger partial charge is 0.354 e. The van der Waals surface area contributed by atoms with Gasteiger partial charge in [-0.3, -0.25) is 0 Å². The van der Waals surface area contributed by atoms with Gasteiger partial charge in [0.1, 0.15) is 5.69 Å². The van der Waals surface area contributed by atoms with Crippen LogP contribution in [0, 0.1) is 0 Å². The van der Waals surface area contributed by atoms with Crippen LogP contribution in [0.15, 0.2) is 12.3 Å². The molecule has 1 aromatic heterocycles. The highest BCUT2D eigenvalue weighted by Crippen LogP contribution is 2.14. The zero-order valence-electron chi connectivity index (χ0n) is 9.70. The fourth-order valence-corrected chi connectivity index (χ4v) is 1.56. The Hall–Kier alpha value is -1.29. The molecule has 0 saturated heterocycles. The Kier molecular flexibility index (Phi) is 3.19. The highest BCUT2D eigenvalue weighted by molar-refractivity contribution is 5.87. The molecular formula is C11H18N2O2. The molecule has 0 spiro atoms. The van der Waals surface area contributed by atoms with E-state index in [-0.39, 0.29) is 11.5 Å². The molecule has 4 heteroatoms. The molecule has 0 amide bonds. The maximum absolute atomic E-state index is 11.3. The maximum atomic E-state index is 11.3. The molecule has 2 N–H and O–H groups in total. The van der Waals surface area contributed by atoms with Crippen LogP contribution in [0.4, 0.5) is 0 Å². The average molecular weight is 210 g/mol. The van der Waals surface area contributed by atoms with Crippen molar-refractivity contribution < 1.29 is 9.53 Å². The fraction of sp³-hybridized carbons (Fsp3) is 0.545. The molecule has 1 aromatic rings. The van der Waals surface area contributed by atoms with Gasteiger partial charge in [-0.05, 0) is 31.9 Å². The lowest BCUT2D eigenvalue weighted by atomic mass is 9.98. The number of aromatic nitrogens is 1. The highest BCUT2D eigenvalue weighted by Gasteiger charge is 2.16. The van der Waals surface area contributed by atoms with Gasteiger partial charge in [-0.1, -0.05) is 0 Å². The third-order valence-corrected chi connectivity index (χ3v) is 2.12. The van der Waals surface area contributed by atoms with E-state index in [9.17, 15) is 4.79 Å². The second-order valence-electron chi connectivity index (χ2n) is 4.50. The van der Waals surface area contributed by atoms with E-state index in [4.69, 9.17) is 5.73 Å². The predicted octanol–water partition coefficient (Wildman–Crippen LogP) is 1.09. The van der Waals surface area contributed by atoms with Crippen molar-refractivity contribution in [3.63, 3.8) is 0 Å². The zero-order chi connectivity index (χ0) is 11.6. The summed E-state index contributed by atoms with van der Waals surface area (Å²) in [5, 5.41) is 0. The Morgan fingerprint density at radius 3 is 2.67 bits per heavy atom. The molecule has 1 heterocycles. The van der Waals surface area contributed by atoms with Crippen LogP contribution in [-0.4, -0.2) is 23.2 Å². The minimum absolute atomic E-state index is 0.269. The van der Waals surface area contributed by atoms with E-state index in [1.54, 1.807) is 4.57 Å². The van der Waals surface area contributed by atoms with Crippen molar-refractivity contribution in [3.05, 3.63) is 23.5 Å². The molecule has 0 radical (unpaired) electrons. The van der Waals surface area contributed by atoms with Crippen molar-refractivity contribution in [2.24, 2.45) is 12.8 Å². The Morgan fingerprint density at radius 2 is 2.20 bits per heavy atom. The SMILES string of the molecule is COC(=O)c1cc(CC(C)(C)N)cn1C. The lowest BCUT2D eigenvalue weighted by Gasteiger charge is -2.16. The van der Waals surface area contributed by atoms with Crippen LogP contribution < -0.4 is 5.73 Å². The third-order valence-electron chi connectivity index (χ3n) is 2.12. The number of aryl methyl sites for hydroxylation is 1. The number of nitrogens with two attached hydrogens (primary N) is 1. The van der Waals surface area contributed by atoms with Crippen LogP contribution in [-0.2, 0) is 18.2 Å². The van der Waals surface area contributed by atoms with Gasteiger partial charge in [-0.15, -0.1) is 0 Å². The van der Waals surface area contributed by atoms with Crippen LogP contribution in [0.1, 0.15) is 29.9 Å². The number of carbonyl (C=O) groups excluding carboxylic acids is 1. The first-order chi connectivity index (χ1) is 6.83. The number of rotatable bonds is 3. The molecule has 4 nitrogen and oxygen atoms in total. The van der Waals surface area contributed by atoms with Gasteiger partial charge in [0.2, 0.25) is 0 Å². The highest BCUT2D eigenvalue weighted by atomic mass is 16.5. The molecule has 0 fully saturated rings. The standard InChI is InChI=1S/C11H18N2O2/c1-11(2,12)6-8-5-9(10(14)15-4)13(3)7-8/h5,7H,6,12H2,1-4H3. The number of methoxy groups -OCH3 is 1. The molecule has 0 aliphatic rings. The Bertz CT molecular complexity index is 361. The van der Waals surface area contributed by atoms with Crippen LogP contribution in [0.25, 0.3) is 0 Å². The maximum Gasteiger partial charge on any atom is 0.354 e. The van der Waals surface area contributed by atoms with Gasteiger partial charge in [0.25, 0.3) is 0 Å². The van der Waals surface area contributed by atoms with Gasteiger partial charge in [-0.25, -0.2) is 4.79 Å². The van der Waals surface area contributed by atoms with Crippen molar-refractivity contribution in [1.29, 1.82) is 0 Å². The number of esters is 1. The Balaban J connectivity index is 2.91. The van der Waals surface area contributed by atoms with Crippen molar-refractivity contribution in [2.75, 3.05) is 7.11 Å². The Morgan fingerprint density at radius 1 is 1.60 bits per heavy atom. The van der Waals surface area contributed by atoms with E-state index in [0.717, 1.165) is 12.0 Å². The van der Waals surface area contributed by atoms with E-state index < -0.39 is 0 Å². The summed E-state index contributed by atoms with van der Waals surface area (Å²) in [5.41, 5.74) is 7.24. The number of hydrogen-bond acceptors (Lipinski definition) is 3. The minimum atomic E-state index is -0.321. The normalized spacial score (nSPS) is 11.5. The fourth-order valence-electron chi connectivity index (χ4n) is 1.56. The molecule has 0 atom stereocenters. The molecule has 0 aromatic carbocycles. The summed E-state index contributed by atoms with van der Waals surface area (Å²) in [6.45, 7) is 3.91. The molecule has 0 saturated carbocycles. The van der Waals surface area contributed by atoms with E-state index in [1.807, 2.05) is 33.2 Å². The van der Waals surface area contributed by atoms with Gasteiger partial charge in [0, 0.05) is 18.8 Å². The van der Waals surface area contributed by atoms with Gasteiger partial charge in [0.15, 0.2) is 0 Å². The summed E-state index contributed by atoms with van der Waals surface area (Å²) < 4.78 is 6.43. The van der Waals surface area contributed by atoms with E-state index in [0.29, 0.717) is 5.69 Å². The van der Waals surface area contributed by atoms with Crippen LogP contribution in [0.3, 0.4) is 0 Å². The second-order valence-corrected chi connectivity index (χ2v) is 4.50. The number of ether oxygens (including phenoxy) is 1. The first-order valence-electron chi connectivity index (χ1n) is 4.86. The van der Waals surface area contributed by atoms with E-state index >= 15 is 0 Å². The predicted molar refractivity (Wildman–Crippen MR) is 58.7 cm³/mol. The van der Waals surface area contributed by atoms with Crippen molar-refractivity contribution in [3.8, 4) is 0 Å². The van der Waals surface area contributed by atoms with Crippen LogP contribution in [0.5, 0.6) is 0 Å². The van der Waals surface area contributed by atoms with Gasteiger partial charge in [-0.2, -0.15) is 0 Å². The Labute approximate surface area is 90.0 Å². The lowest BCUT2D eigenvalue weighted by molar-refractivity contribution is 0.0590. The monoisotopic (exact) mass is 210 g/mol. The van der Waals surface area contributed by atoms with Crippen LogP contribution in [0.2, 0.25) is 0 Å². The van der Waals surface area contributed by atoms with E-state index in [1.165, 1.54) is 7.11 Å². The number of nitrogens with zero attached hydrogens (tertiary/aromatic N) is 1. The average Bonchev–Trinajstić information content (AvgIpc) is 2.42. The third kappa shape index (κ3) is 3.09. The second kappa shape index (κ2) is 4.06. The molecule has 0 aliphatic carbocycles. The molecule has 1 rings (SSSR count). The largest absolute Gasteiger partial charge is 0.464 e. The van der Waals surface area contributed by atoms with Crippen molar-refractivity contribution in [2.45, 2.75) is 25.8 Å². The molecular weight excluding hydrogens is 192 g/mol. The van der Waals surface area contributed by atoms with E-state index in [2.05, 4.69) is 4.74 Å². The molecule has 0 aliphatic heterocycles. The topological polar surface area (TPSA) is 57.2 Å². The van der Waals surface area contributed by atoms with Crippen molar-refractivity contribution >= 4 is 5.97 Å².